The number of nitrogens with zero attached hydrogens (tertiary/aromatic N) is 4. The fraction of sp³-hybridized carbons (Fsp3) is 0.423. The minimum Gasteiger partial charge on any atom is -0.483 e. The molecule has 38 heavy (non-hydrogen) atoms. The summed E-state index contributed by atoms with van der Waals surface area (Å²) in [6.45, 7) is 8.24. The number of aryl methyl sites for hydroxylation is 1. The molecular formula is C26H33N5O5S2. The van der Waals surface area contributed by atoms with Gasteiger partial charge in [0.05, 0.1) is 23.3 Å². The number of thiophene rings is 1. The van der Waals surface area contributed by atoms with Crippen LogP contribution < -0.4 is 10.1 Å². The Hall–Kier alpha value is -3.38. The van der Waals surface area contributed by atoms with Crippen molar-refractivity contribution in [2.75, 3.05) is 32.3 Å². The van der Waals surface area contributed by atoms with E-state index in [1.54, 1.807) is 21.0 Å². The highest BCUT2D eigenvalue weighted by molar-refractivity contribution is 7.99. The van der Waals surface area contributed by atoms with Crippen molar-refractivity contribution in [1.29, 1.82) is 0 Å². The average Bonchev–Trinajstić information content (AvgIpc) is 3.47. The molecule has 0 spiro atoms. The van der Waals surface area contributed by atoms with Crippen molar-refractivity contribution in [3.8, 4) is 5.75 Å². The zero-order chi connectivity index (χ0) is 28.0. The van der Waals surface area contributed by atoms with Crippen LogP contribution in [0.5, 0.6) is 5.75 Å². The van der Waals surface area contributed by atoms with E-state index in [0.717, 1.165) is 23.5 Å². The van der Waals surface area contributed by atoms with E-state index in [9.17, 15) is 14.4 Å². The van der Waals surface area contributed by atoms with Crippen molar-refractivity contribution in [1.82, 2.24) is 19.7 Å². The Kier molecular flexibility index (Phi) is 9.92. The second-order valence-electron chi connectivity index (χ2n) is 8.63. The van der Waals surface area contributed by atoms with Crippen molar-refractivity contribution >= 4 is 45.9 Å². The number of carbonyl (C=O) groups excluding carboxylic acids is 3. The molecule has 0 fully saturated rings. The number of rotatable bonds is 11. The van der Waals surface area contributed by atoms with Crippen LogP contribution in [0, 0.1) is 6.92 Å². The number of nitrogens with one attached hydrogen (secondary N) is 1. The van der Waals surface area contributed by atoms with E-state index in [2.05, 4.69) is 22.4 Å². The van der Waals surface area contributed by atoms with Gasteiger partial charge in [0, 0.05) is 20.6 Å². The number of thioether (sulfide) groups is 1. The Morgan fingerprint density at radius 2 is 1.84 bits per heavy atom. The van der Waals surface area contributed by atoms with Gasteiger partial charge in [0.2, 0.25) is 5.91 Å². The highest BCUT2D eigenvalue weighted by Gasteiger charge is 2.27. The quantitative estimate of drug-likeness (QED) is 0.268. The molecule has 0 aliphatic rings. The van der Waals surface area contributed by atoms with Gasteiger partial charge < -0.3 is 24.3 Å². The summed E-state index contributed by atoms with van der Waals surface area (Å²) in [4.78, 5) is 39.6. The molecule has 0 radical (unpaired) electrons. The van der Waals surface area contributed by atoms with Crippen molar-refractivity contribution in [3.05, 3.63) is 51.7 Å². The maximum atomic E-state index is 12.9. The molecule has 1 aromatic carbocycles. The Morgan fingerprint density at radius 3 is 2.42 bits per heavy atom. The molecule has 2 amide bonds. The van der Waals surface area contributed by atoms with E-state index in [-0.39, 0.29) is 34.2 Å². The van der Waals surface area contributed by atoms with Crippen LogP contribution in [0.2, 0.25) is 0 Å². The lowest BCUT2D eigenvalue weighted by Gasteiger charge is -2.16. The van der Waals surface area contributed by atoms with Crippen LogP contribution >= 0.6 is 23.1 Å². The lowest BCUT2D eigenvalue weighted by atomic mass is 10.1. The Labute approximate surface area is 230 Å². The molecule has 2 aromatic heterocycles. The average molecular weight is 560 g/mol. The summed E-state index contributed by atoms with van der Waals surface area (Å²) < 4.78 is 12.9. The van der Waals surface area contributed by atoms with Gasteiger partial charge in [0.1, 0.15) is 10.8 Å². The molecule has 0 bridgehead atoms. The molecule has 0 aliphatic heterocycles. The number of ether oxygens (including phenoxy) is 2. The molecule has 3 aromatic rings. The van der Waals surface area contributed by atoms with Gasteiger partial charge in [-0.05, 0) is 50.5 Å². The van der Waals surface area contributed by atoms with Crippen molar-refractivity contribution < 1.29 is 23.9 Å². The zero-order valence-corrected chi connectivity index (χ0v) is 24.3. The predicted molar refractivity (Wildman–Crippen MR) is 148 cm³/mol. The highest BCUT2D eigenvalue weighted by Crippen LogP contribution is 2.34. The lowest BCUT2D eigenvalue weighted by molar-refractivity contribution is -0.113. The number of benzene rings is 1. The third-order valence-electron chi connectivity index (χ3n) is 5.79. The first kappa shape index (κ1) is 29.2. The summed E-state index contributed by atoms with van der Waals surface area (Å²) in [5.74, 6) is 0.206. The largest absolute Gasteiger partial charge is 0.483 e. The third kappa shape index (κ3) is 6.54. The van der Waals surface area contributed by atoms with Gasteiger partial charge in [0.15, 0.2) is 17.1 Å². The van der Waals surface area contributed by atoms with Gasteiger partial charge in [-0.25, -0.2) is 4.79 Å². The van der Waals surface area contributed by atoms with Gasteiger partial charge >= 0.3 is 5.97 Å². The van der Waals surface area contributed by atoms with Gasteiger partial charge in [0.25, 0.3) is 5.91 Å². The van der Waals surface area contributed by atoms with Crippen LogP contribution in [-0.2, 0) is 22.5 Å². The predicted octanol–water partition coefficient (Wildman–Crippen LogP) is 4.59. The number of methoxy groups -OCH3 is 1. The number of aromatic nitrogens is 3. The first-order chi connectivity index (χ1) is 18.1. The highest BCUT2D eigenvalue weighted by atomic mass is 32.2. The van der Waals surface area contributed by atoms with Gasteiger partial charge in [-0.2, -0.15) is 0 Å². The second kappa shape index (κ2) is 12.9. The van der Waals surface area contributed by atoms with Crippen molar-refractivity contribution in [3.63, 3.8) is 0 Å². The first-order valence-corrected chi connectivity index (χ1v) is 14.0. The second-order valence-corrected chi connectivity index (χ2v) is 10.6. The van der Waals surface area contributed by atoms with Crippen LogP contribution in [0.4, 0.5) is 5.00 Å². The molecule has 1 unspecified atom stereocenters. The molecule has 1 atom stereocenters. The van der Waals surface area contributed by atoms with E-state index in [0.29, 0.717) is 28.0 Å². The topological polar surface area (TPSA) is 116 Å². The number of anilines is 1. The minimum atomic E-state index is -0.617. The monoisotopic (exact) mass is 559 g/mol. The SMILES string of the molecule is CCc1ccc(OC(C)c2nnc(SCC(=O)Nc3sc(C(=O)N(C)C)c(C)c3C(=O)OC)n2CC)cc1. The summed E-state index contributed by atoms with van der Waals surface area (Å²) in [6.07, 6.45) is 0.613. The molecule has 2 heterocycles. The van der Waals surface area contributed by atoms with Crippen LogP contribution in [0.3, 0.4) is 0 Å². The van der Waals surface area contributed by atoms with Crippen LogP contribution in [0.1, 0.15) is 63.9 Å². The normalized spacial score (nSPS) is 11.7. The zero-order valence-electron chi connectivity index (χ0n) is 22.7. The number of esters is 1. The minimum absolute atomic E-state index is 0.0281. The maximum absolute atomic E-state index is 12.9. The number of amides is 2. The molecular weight excluding hydrogens is 526 g/mol. The summed E-state index contributed by atoms with van der Waals surface area (Å²) >= 11 is 2.28. The first-order valence-electron chi connectivity index (χ1n) is 12.2. The van der Waals surface area contributed by atoms with Crippen LogP contribution in [0.15, 0.2) is 29.4 Å². The van der Waals surface area contributed by atoms with E-state index >= 15 is 0 Å². The van der Waals surface area contributed by atoms with Gasteiger partial charge in [-0.3, -0.25) is 9.59 Å². The van der Waals surface area contributed by atoms with E-state index in [1.807, 2.05) is 42.7 Å². The molecule has 0 saturated heterocycles. The summed E-state index contributed by atoms with van der Waals surface area (Å²) in [7, 11) is 4.51. The molecule has 204 valence electrons. The summed E-state index contributed by atoms with van der Waals surface area (Å²) in [6, 6.07) is 7.95. The molecule has 12 heteroatoms. The molecule has 3 rings (SSSR count). The fourth-order valence-corrected chi connectivity index (χ4v) is 5.76. The Morgan fingerprint density at radius 1 is 1.16 bits per heavy atom. The van der Waals surface area contributed by atoms with Gasteiger partial charge in [-0.1, -0.05) is 30.8 Å². The number of hydrogen-bond acceptors (Lipinski definition) is 9. The smallest absolute Gasteiger partial charge is 0.341 e. The summed E-state index contributed by atoms with van der Waals surface area (Å²) in [5, 5.41) is 12.2. The van der Waals surface area contributed by atoms with Crippen LogP contribution in [-0.4, -0.2) is 64.4 Å². The standard InChI is InChI=1S/C26H33N5O5S2/c1-8-17-10-12-18(13-11-17)36-16(4)22-28-29-26(31(22)9-2)37-14-19(32)27-23-20(25(34)35-7)15(3)21(38-23)24(33)30(5)6/h10-13,16H,8-9,14H2,1-7H3,(H,27,32). The number of carbonyl (C=O) groups is 3. The Balaban J connectivity index is 1.71. The molecule has 0 saturated carbocycles. The van der Waals surface area contributed by atoms with E-state index < -0.39 is 5.97 Å². The van der Waals surface area contributed by atoms with Crippen molar-refractivity contribution in [2.24, 2.45) is 0 Å². The third-order valence-corrected chi connectivity index (χ3v) is 7.95. The number of hydrogen-bond donors (Lipinski definition) is 1. The van der Waals surface area contributed by atoms with Crippen LogP contribution in [0.25, 0.3) is 0 Å². The van der Waals surface area contributed by atoms with Gasteiger partial charge in [-0.15, -0.1) is 21.5 Å². The lowest BCUT2D eigenvalue weighted by Crippen LogP contribution is -2.21. The molecule has 10 nitrogen and oxygen atoms in total. The molecule has 0 aliphatic carbocycles. The van der Waals surface area contributed by atoms with E-state index in [1.165, 1.54) is 29.3 Å². The maximum Gasteiger partial charge on any atom is 0.341 e. The molecule has 1 N–H and O–H groups in total. The fourth-order valence-electron chi connectivity index (χ4n) is 3.71. The van der Waals surface area contributed by atoms with E-state index in [4.69, 9.17) is 9.47 Å². The Bertz CT molecular complexity index is 1300. The summed E-state index contributed by atoms with van der Waals surface area (Å²) in [5.41, 5.74) is 1.88. The van der Waals surface area contributed by atoms with Crippen molar-refractivity contribution in [2.45, 2.75) is 51.9 Å².